The molecule has 0 aliphatic heterocycles. The van der Waals surface area contributed by atoms with E-state index in [1.165, 1.54) is 24.1 Å². The van der Waals surface area contributed by atoms with E-state index in [1.807, 2.05) is 37.3 Å². The van der Waals surface area contributed by atoms with E-state index in [-0.39, 0.29) is 35.2 Å². The normalized spacial score (nSPS) is 11.8. The van der Waals surface area contributed by atoms with Crippen LogP contribution in [-0.4, -0.2) is 51.4 Å². The second kappa shape index (κ2) is 14.9. The minimum absolute atomic E-state index is 0.0237. The van der Waals surface area contributed by atoms with Crippen LogP contribution in [0.15, 0.2) is 108 Å². The zero-order chi connectivity index (χ0) is 31.7. The maximum atomic E-state index is 14.4. The molecule has 2 amide bonds. The van der Waals surface area contributed by atoms with E-state index < -0.39 is 28.5 Å². The van der Waals surface area contributed by atoms with Crippen molar-refractivity contribution >= 4 is 39.1 Å². The summed E-state index contributed by atoms with van der Waals surface area (Å²) < 4.78 is 34.9. The Labute approximate surface area is 264 Å². The summed E-state index contributed by atoms with van der Waals surface area (Å²) in [6.07, 6.45) is 0.228. The lowest BCUT2D eigenvalue weighted by atomic mass is 10.0. The van der Waals surface area contributed by atoms with Crippen LogP contribution in [0.25, 0.3) is 0 Å². The number of halogens is 1. The molecule has 4 aromatic rings. The lowest BCUT2D eigenvalue weighted by Crippen LogP contribution is -2.53. The molecule has 0 bridgehead atoms. The maximum Gasteiger partial charge on any atom is 0.264 e. The number of benzene rings is 4. The third-order valence-corrected chi connectivity index (χ3v) is 9.16. The number of nitrogens with zero attached hydrogens (tertiary/aromatic N) is 2. The Morgan fingerprint density at radius 1 is 0.864 bits per heavy atom. The quantitative estimate of drug-likeness (QED) is 0.206. The zero-order valence-corrected chi connectivity index (χ0v) is 26.5. The molecule has 0 aliphatic rings. The van der Waals surface area contributed by atoms with Crippen LogP contribution < -0.4 is 14.4 Å². The fraction of sp³-hybridized carbons (Fsp3) is 0.235. The number of methoxy groups -OCH3 is 1. The van der Waals surface area contributed by atoms with Crippen molar-refractivity contribution < 1.29 is 22.7 Å². The first-order valence-corrected chi connectivity index (χ1v) is 16.0. The molecule has 0 heterocycles. The van der Waals surface area contributed by atoms with Crippen LogP contribution in [-0.2, 0) is 32.6 Å². The number of ether oxygens (including phenoxy) is 1. The number of amides is 2. The Kier molecular flexibility index (Phi) is 11.0. The molecule has 4 rings (SSSR count). The van der Waals surface area contributed by atoms with Crippen LogP contribution in [0.4, 0.5) is 5.69 Å². The maximum absolute atomic E-state index is 14.4. The number of hydrogen-bond acceptors (Lipinski definition) is 5. The van der Waals surface area contributed by atoms with Crippen molar-refractivity contribution in [1.82, 2.24) is 10.2 Å². The molecule has 0 unspecified atom stereocenters. The smallest absolute Gasteiger partial charge is 0.264 e. The van der Waals surface area contributed by atoms with E-state index in [0.29, 0.717) is 11.6 Å². The number of para-hydroxylation sites is 2. The minimum Gasteiger partial charge on any atom is -0.495 e. The molecular formula is C34H36ClN3O5S. The van der Waals surface area contributed by atoms with Crippen LogP contribution in [0.2, 0.25) is 5.02 Å². The van der Waals surface area contributed by atoms with E-state index in [2.05, 4.69) is 5.32 Å². The molecule has 4 aromatic carbocycles. The third kappa shape index (κ3) is 7.98. The lowest BCUT2D eigenvalue weighted by molar-refractivity contribution is -0.140. The number of anilines is 1. The first kappa shape index (κ1) is 32.6. The van der Waals surface area contributed by atoms with Gasteiger partial charge in [0, 0.05) is 24.5 Å². The Balaban J connectivity index is 1.82. The average molecular weight is 634 g/mol. The topological polar surface area (TPSA) is 96.0 Å². The Hall–Kier alpha value is -4.34. The number of aryl methyl sites for hydroxylation is 1. The molecule has 0 aromatic heterocycles. The molecular weight excluding hydrogens is 598 g/mol. The van der Waals surface area contributed by atoms with Gasteiger partial charge in [0.2, 0.25) is 11.8 Å². The summed E-state index contributed by atoms with van der Waals surface area (Å²) in [5, 5.41) is 3.39. The predicted molar refractivity (Wildman–Crippen MR) is 173 cm³/mol. The van der Waals surface area contributed by atoms with Crippen LogP contribution in [0.1, 0.15) is 23.6 Å². The number of likely N-dealkylation sites (N-methyl/N-ethyl adjacent to an activating group) is 1. The number of rotatable bonds is 13. The monoisotopic (exact) mass is 633 g/mol. The highest BCUT2D eigenvalue weighted by Gasteiger charge is 2.35. The van der Waals surface area contributed by atoms with Gasteiger partial charge in [-0.25, -0.2) is 8.42 Å². The third-order valence-electron chi connectivity index (χ3n) is 7.13. The van der Waals surface area contributed by atoms with Crippen molar-refractivity contribution in [2.75, 3.05) is 24.5 Å². The van der Waals surface area contributed by atoms with Crippen molar-refractivity contribution in [3.05, 3.63) is 125 Å². The molecule has 230 valence electrons. The van der Waals surface area contributed by atoms with Crippen molar-refractivity contribution in [3.63, 3.8) is 0 Å². The van der Waals surface area contributed by atoms with E-state index in [1.54, 1.807) is 67.6 Å². The van der Waals surface area contributed by atoms with Gasteiger partial charge in [-0.3, -0.25) is 13.9 Å². The summed E-state index contributed by atoms with van der Waals surface area (Å²) in [5.41, 5.74) is 2.68. The minimum atomic E-state index is -4.24. The van der Waals surface area contributed by atoms with Gasteiger partial charge in [0.05, 0.1) is 17.7 Å². The summed E-state index contributed by atoms with van der Waals surface area (Å²) in [4.78, 5) is 29.5. The zero-order valence-electron chi connectivity index (χ0n) is 24.9. The van der Waals surface area contributed by atoms with E-state index in [4.69, 9.17) is 16.3 Å². The summed E-state index contributed by atoms with van der Waals surface area (Å²) >= 11 is 6.13. The van der Waals surface area contributed by atoms with Gasteiger partial charge in [-0.05, 0) is 61.4 Å². The first-order valence-electron chi connectivity index (χ1n) is 14.2. The van der Waals surface area contributed by atoms with Gasteiger partial charge in [0.1, 0.15) is 18.3 Å². The second-order valence-corrected chi connectivity index (χ2v) is 12.5. The van der Waals surface area contributed by atoms with E-state index in [0.717, 1.165) is 21.0 Å². The van der Waals surface area contributed by atoms with E-state index in [9.17, 15) is 18.0 Å². The number of carbonyl (C=O) groups excluding carboxylic acids is 2. The number of hydrogen-bond donors (Lipinski definition) is 1. The van der Waals surface area contributed by atoms with Crippen LogP contribution >= 0.6 is 11.6 Å². The molecule has 0 saturated carbocycles. The van der Waals surface area contributed by atoms with Crippen LogP contribution in [0.3, 0.4) is 0 Å². The lowest BCUT2D eigenvalue weighted by Gasteiger charge is -2.34. The SMILES string of the molecule is CCNC(=O)[C@@H](Cc1ccccc1)N(Cc1ccc(Cl)cc1)C(=O)CN(c1ccccc1OC)S(=O)(=O)c1ccc(C)cc1. The van der Waals surface area contributed by atoms with Gasteiger partial charge in [-0.15, -0.1) is 0 Å². The second-order valence-electron chi connectivity index (χ2n) is 10.2. The van der Waals surface area contributed by atoms with Crippen LogP contribution in [0.5, 0.6) is 5.75 Å². The molecule has 1 atom stereocenters. The molecule has 0 radical (unpaired) electrons. The molecule has 0 saturated heterocycles. The molecule has 8 nitrogen and oxygen atoms in total. The Morgan fingerprint density at radius 3 is 2.14 bits per heavy atom. The summed E-state index contributed by atoms with van der Waals surface area (Å²) in [6.45, 7) is 3.51. The van der Waals surface area contributed by atoms with Gasteiger partial charge in [-0.2, -0.15) is 0 Å². The largest absolute Gasteiger partial charge is 0.495 e. The highest BCUT2D eigenvalue weighted by atomic mass is 35.5. The molecule has 0 aliphatic carbocycles. The summed E-state index contributed by atoms with van der Waals surface area (Å²) in [5.74, 6) is -0.623. The fourth-order valence-electron chi connectivity index (χ4n) is 4.82. The van der Waals surface area contributed by atoms with Crippen molar-refractivity contribution in [1.29, 1.82) is 0 Å². The molecule has 0 spiro atoms. The number of carbonyl (C=O) groups is 2. The predicted octanol–water partition coefficient (Wildman–Crippen LogP) is 5.63. The highest BCUT2D eigenvalue weighted by molar-refractivity contribution is 7.92. The van der Waals surface area contributed by atoms with Gasteiger partial charge in [-0.1, -0.05) is 83.9 Å². The first-order chi connectivity index (χ1) is 21.1. The number of sulfonamides is 1. The standard InChI is InChI=1S/C34H36ClN3O5S/c1-4-36-34(40)31(22-26-10-6-5-7-11-26)37(23-27-16-18-28(35)19-17-27)33(39)24-38(30-12-8-9-13-32(30)43-3)44(41,42)29-20-14-25(2)15-21-29/h5-21,31H,4,22-24H2,1-3H3,(H,36,40)/t31-/m1/s1. The van der Waals surface area contributed by atoms with Gasteiger partial charge in [0.15, 0.2) is 0 Å². The van der Waals surface area contributed by atoms with Gasteiger partial charge < -0.3 is 15.0 Å². The van der Waals surface area contributed by atoms with Gasteiger partial charge in [0.25, 0.3) is 10.0 Å². The van der Waals surface area contributed by atoms with Gasteiger partial charge >= 0.3 is 0 Å². The van der Waals surface area contributed by atoms with Crippen molar-refractivity contribution in [3.8, 4) is 5.75 Å². The summed E-state index contributed by atoms with van der Waals surface area (Å²) in [6, 6.07) is 28.5. The van der Waals surface area contributed by atoms with Crippen molar-refractivity contribution in [2.45, 2.75) is 37.8 Å². The number of nitrogens with one attached hydrogen (secondary N) is 1. The molecule has 44 heavy (non-hydrogen) atoms. The molecule has 1 N–H and O–H groups in total. The van der Waals surface area contributed by atoms with E-state index >= 15 is 0 Å². The fourth-order valence-corrected chi connectivity index (χ4v) is 6.37. The highest BCUT2D eigenvalue weighted by Crippen LogP contribution is 2.33. The van der Waals surface area contributed by atoms with Crippen LogP contribution in [0, 0.1) is 6.92 Å². The Bertz CT molecular complexity index is 1660. The Morgan fingerprint density at radius 2 is 1.50 bits per heavy atom. The molecule has 0 fully saturated rings. The summed E-state index contributed by atoms with van der Waals surface area (Å²) in [7, 11) is -2.80. The average Bonchev–Trinajstić information content (AvgIpc) is 3.03. The van der Waals surface area contributed by atoms with Crippen molar-refractivity contribution in [2.24, 2.45) is 0 Å². The molecule has 10 heteroatoms.